The molecule has 0 radical (unpaired) electrons. The molecule has 0 aliphatic heterocycles. The highest BCUT2D eigenvalue weighted by atomic mass is 19.4. The molecule has 1 aromatic heterocycles. The van der Waals surface area contributed by atoms with Crippen LogP contribution in [0.2, 0.25) is 0 Å². The Hall–Kier alpha value is -2.39. The SMILES string of the molecule is Cc1nc(N(CC(=O)O)CC(F)(F)F)ccc1[N+](=O)[O-]. The number of alkyl halides is 3. The van der Waals surface area contributed by atoms with Crippen molar-refractivity contribution in [3.05, 3.63) is 27.9 Å². The first kappa shape index (κ1) is 15.7. The number of nitro groups is 1. The van der Waals surface area contributed by atoms with Gasteiger partial charge in [-0.1, -0.05) is 0 Å². The van der Waals surface area contributed by atoms with Gasteiger partial charge in [-0.15, -0.1) is 0 Å². The number of anilines is 1. The number of aromatic nitrogens is 1. The van der Waals surface area contributed by atoms with Gasteiger partial charge in [0.15, 0.2) is 0 Å². The van der Waals surface area contributed by atoms with E-state index < -0.39 is 30.2 Å². The van der Waals surface area contributed by atoms with E-state index in [1.54, 1.807) is 0 Å². The zero-order valence-electron chi connectivity index (χ0n) is 10.2. The summed E-state index contributed by atoms with van der Waals surface area (Å²) < 4.78 is 37.1. The maximum absolute atomic E-state index is 12.4. The van der Waals surface area contributed by atoms with Crippen molar-refractivity contribution in [2.75, 3.05) is 18.0 Å². The van der Waals surface area contributed by atoms with Gasteiger partial charge in [0.25, 0.3) is 5.69 Å². The van der Waals surface area contributed by atoms with E-state index in [1.165, 1.54) is 6.92 Å². The molecule has 0 atom stereocenters. The Kier molecular flexibility index (Phi) is 4.48. The summed E-state index contributed by atoms with van der Waals surface area (Å²) in [5.41, 5.74) is -0.443. The number of hydrogen-bond acceptors (Lipinski definition) is 5. The molecule has 1 N–H and O–H groups in total. The first-order valence-corrected chi connectivity index (χ1v) is 5.25. The minimum absolute atomic E-state index is 0.0925. The quantitative estimate of drug-likeness (QED) is 0.656. The van der Waals surface area contributed by atoms with Crippen LogP contribution in [0.25, 0.3) is 0 Å². The van der Waals surface area contributed by atoms with E-state index in [2.05, 4.69) is 4.98 Å². The van der Waals surface area contributed by atoms with Gasteiger partial charge < -0.3 is 10.0 Å². The van der Waals surface area contributed by atoms with Crippen LogP contribution in [-0.4, -0.2) is 40.2 Å². The molecular weight excluding hydrogens is 283 g/mol. The van der Waals surface area contributed by atoms with Crippen molar-refractivity contribution in [2.45, 2.75) is 13.1 Å². The monoisotopic (exact) mass is 293 g/mol. The molecule has 1 rings (SSSR count). The van der Waals surface area contributed by atoms with E-state index >= 15 is 0 Å². The molecule has 20 heavy (non-hydrogen) atoms. The minimum Gasteiger partial charge on any atom is -0.480 e. The Morgan fingerprint density at radius 1 is 1.50 bits per heavy atom. The molecule has 0 unspecified atom stereocenters. The van der Waals surface area contributed by atoms with Gasteiger partial charge in [0, 0.05) is 6.07 Å². The molecular formula is C10H10F3N3O4. The van der Waals surface area contributed by atoms with Gasteiger partial charge in [0.2, 0.25) is 0 Å². The fourth-order valence-electron chi connectivity index (χ4n) is 1.51. The molecule has 7 nitrogen and oxygen atoms in total. The number of rotatable bonds is 5. The summed E-state index contributed by atoms with van der Waals surface area (Å²) in [6.07, 6.45) is -4.62. The standard InChI is InChI=1S/C10H10F3N3O4/c1-6-7(16(19)20)2-3-8(14-6)15(4-9(17)18)5-10(11,12)13/h2-3H,4-5H2,1H3,(H,17,18). The number of pyridine rings is 1. The maximum atomic E-state index is 12.4. The summed E-state index contributed by atoms with van der Waals surface area (Å²) in [5.74, 6) is -1.75. The average Bonchev–Trinajstić information content (AvgIpc) is 2.24. The maximum Gasteiger partial charge on any atom is 0.405 e. The smallest absolute Gasteiger partial charge is 0.405 e. The van der Waals surface area contributed by atoms with Crippen LogP contribution in [0.5, 0.6) is 0 Å². The molecule has 0 aromatic carbocycles. The molecule has 0 spiro atoms. The zero-order chi connectivity index (χ0) is 15.5. The van der Waals surface area contributed by atoms with Gasteiger partial charge in [-0.25, -0.2) is 4.98 Å². The average molecular weight is 293 g/mol. The van der Waals surface area contributed by atoms with Crippen LogP contribution in [0.15, 0.2) is 12.1 Å². The molecule has 0 amide bonds. The molecule has 1 heterocycles. The highest BCUT2D eigenvalue weighted by molar-refractivity contribution is 5.73. The second kappa shape index (κ2) is 5.72. The van der Waals surface area contributed by atoms with Gasteiger partial charge in [-0.2, -0.15) is 13.2 Å². The lowest BCUT2D eigenvalue weighted by Gasteiger charge is -2.23. The first-order chi connectivity index (χ1) is 9.10. The topological polar surface area (TPSA) is 96.6 Å². The second-order valence-corrected chi connectivity index (χ2v) is 3.90. The fourth-order valence-corrected chi connectivity index (χ4v) is 1.51. The third kappa shape index (κ3) is 4.37. The molecule has 10 heteroatoms. The number of hydrogen-bond donors (Lipinski definition) is 1. The van der Waals surface area contributed by atoms with Crippen molar-refractivity contribution < 1.29 is 28.0 Å². The third-order valence-corrected chi connectivity index (χ3v) is 2.26. The Labute approximate surface area is 110 Å². The van der Waals surface area contributed by atoms with Gasteiger partial charge in [-0.05, 0) is 13.0 Å². The summed E-state index contributed by atoms with van der Waals surface area (Å²) in [6.45, 7) is -1.17. The molecule has 0 aliphatic carbocycles. The Bertz CT molecular complexity index is 533. The van der Waals surface area contributed by atoms with Gasteiger partial charge in [-0.3, -0.25) is 14.9 Å². The number of carboxylic acids is 1. The summed E-state index contributed by atoms with van der Waals surface area (Å²) in [6, 6.07) is 1.97. The summed E-state index contributed by atoms with van der Waals surface area (Å²) in [4.78, 5) is 24.6. The van der Waals surface area contributed by atoms with E-state index in [-0.39, 0.29) is 17.2 Å². The first-order valence-electron chi connectivity index (χ1n) is 5.25. The van der Waals surface area contributed by atoms with Crippen LogP contribution < -0.4 is 4.90 Å². The van der Waals surface area contributed by atoms with Gasteiger partial charge in [0.05, 0.1) is 4.92 Å². The zero-order valence-corrected chi connectivity index (χ0v) is 10.2. The van der Waals surface area contributed by atoms with Crippen molar-refractivity contribution in [1.29, 1.82) is 0 Å². The number of carboxylic acid groups (broad SMARTS) is 1. The summed E-state index contributed by atoms with van der Waals surface area (Å²) in [5, 5.41) is 19.2. The molecule has 110 valence electrons. The number of halogens is 3. The lowest BCUT2D eigenvalue weighted by Crippen LogP contribution is -2.38. The van der Waals surface area contributed by atoms with Crippen LogP contribution in [0.1, 0.15) is 5.69 Å². The van der Waals surface area contributed by atoms with Gasteiger partial charge in [0.1, 0.15) is 24.6 Å². The van der Waals surface area contributed by atoms with Crippen molar-refractivity contribution in [1.82, 2.24) is 4.98 Å². The van der Waals surface area contributed by atoms with E-state index in [0.717, 1.165) is 12.1 Å². The molecule has 0 saturated heterocycles. The number of aryl methyl sites for hydroxylation is 1. The predicted octanol–water partition coefficient (Wildman–Crippen LogP) is 1.75. The van der Waals surface area contributed by atoms with Crippen LogP contribution >= 0.6 is 0 Å². The van der Waals surface area contributed by atoms with Crippen LogP contribution in [0.4, 0.5) is 24.7 Å². The van der Waals surface area contributed by atoms with Crippen molar-refractivity contribution in [2.24, 2.45) is 0 Å². The normalized spacial score (nSPS) is 11.2. The van der Waals surface area contributed by atoms with Gasteiger partial charge >= 0.3 is 12.1 Å². The lowest BCUT2D eigenvalue weighted by molar-refractivity contribution is -0.385. The molecule has 0 saturated carbocycles. The van der Waals surface area contributed by atoms with E-state index in [4.69, 9.17) is 5.11 Å². The van der Waals surface area contributed by atoms with Crippen LogP contribution in [0.3, 0.4) is 0 Å². The lowest BCUT2D eigenvalue weighted by atomic mass is 10.3. The molecule has 1 aromatic rings. The number of carbonyl (C=O) groups is 1. The number of aliphatic carboxylic acids is 1. The predicted molar refractivity (Wildman–Crippen MR) is 61.5 cm³/mol. The molecule has 0 bridgehead atoms. The van der Waals surface area contributed by atoms with Crippen LogP contribution in [-0.2, 0) is 4.79 Å². The minimum atomic E-state index is -4.62. The van der Waals surface area contributed by atoms with Crippen LogP contribution in [0, 0.1) is 17.0 Å². The fraction of sp³-hybridized carbons (Fsp3) is 0.400. The molecule has 0 aliphatic rings. The summed E-state index contributed by atoms with van der Waals surface area (Å²) in [7, 11) is 0. The second-order valence-electron chi connectivity index (χ2n) is 3.90. The van der Waals surface area contributed by atoms with E-state index in [9.17, 15) is 28.1 Å². The number of nitrogens with zero attached hydrogens (tertiary/aromatic N) is 3. The Morgan fingerprint density at radius 2 is 2.10 bits per heavy atom. The van der Waals surface area contributed by atoms with E-state index in [0.29, 0.717) is 4.90 Å². The summed E-state index contributed by atoms with van der Waals surface area (Å²) >= 11 is 0. The van der Waals surface area contributed by atoms with E-state index in [1.807, 2.05) is 0 Å². The Morgan fingerprint density at radius 3 is 2.50 bits per heavy atom. The van der Waals surface area contributed by atoms with Crippen molar-refractivity contribution in [3.63, 3.8) is 0 Å². The third-order valence-electron chi connectivity index (χ3n) is 2.26. The van der Waals surface area contributed by atoms with Crippen molar-refractivity contribution >= 4 is 17.5 Å². The van der Waals surface area contributed by atoms with Crippen molar-refractivity contribution in [3.8, 4) is 0 Å². The largest absolute Gasteiger partial charge is 0.480 e. The highest BCUT2D eigenvalue weighted by Gasteiger charge is 2.32. The highest BCUT2D eigenvalue weighted by Crippen LogP contribution is 2.24. The molecule has 0 fully saturated rings. The Balaban J connectivity index is 3.10.